The molecule has 0 atom stereocenters. The standard InChI is InChI=1S/C24H21F3N2O2/c1-3-17-12-16(14-28)8-10-20(17)29-21-13-18(24(25,26)27)9-11-23(21)31-22-7-5-4-6-19(22)15(2)30/h3-13,29-30H,1-2,14,28H2. The van der Waals surface area contributed by atoms with Gasteiger partial charge in [0.2, 0.25) is 0 Å². The Morgan fingerprint density at radius 1 is 1.03 bits per heavy atom. The molecular weight excluding hydrogens is 405 g/mol. The van der Waals surface area contributed by atoms with Crippen LogP contribution in [0.1, 0.15) is 22.3 Å². The summed E-state index contributed by atoms with van der Waals surface area (Å²) in [5.41, 5.74) is 7.33. The van der Waals surface area contributed by atoms with E-state index in [2.05, 4.69) is 18.5 Å². The Morgan fingerprint density at radius 2 is 1.77 bits per heavy atom. The number of hydrogen-bond donors (Lipinski definition) is 3. The summed E-state index contributed by atoms with van der Waals surface area (Å²) < 4.78 is 45.9. The Kier molecular flexibility index (Phi) is 6.36. The second-order valence-corrected chi connectivity index (χ2v) is 6.71. The highest BCUT2D eigenvalue weighted by Gasteiger charge is 2.31. The molecule has 0 aromatic heterocycles. The van der Waals surface area contributed by atoms with Crippen LogP contribution in [0.4, 0.5) is 24.5 Å². The number of aliphatic hydroxyl groups excluding tert-OH is 1. The maximum Gasteiger partial charge on any atom is 0.416 e. The topological polar surface area (TPSA) is 67.5 Å². The minimum absolute atomic E-state index is 0.0942. The summed E-state index contributed by atoms with van der Waals surface area (Å²) in [6.45, 7) is 7.57. The molecule has 0 saturated heterocycles. The Bertz CT molecular complexity index is 1120. The van der Waals surface area contributed by atoms with Crippen molar-refractivity contribution in [1.29, 1.82) is 0 Å². The van der Waals surface area contributed by atoms with Crippen molar-refractivity contribution in [2.75, 3.05) is 5.32 Å². The monoisotopic (exact) mass is 426 g/mol. The normalized spacial score (nSPS) is 11.1. The van der Waals surface area contributed by atoms with E-state index in [1.165, 1.54) is 6.07 Å². The van der Waals surface area contributed by atoms with Gasteiger partial charge >= 0.3 is 6.18 Å². The first-order valence-electron chi connectivity index (χ1n) is 9.31. The van der Waals surface area contributed by atoms with Gasteiger partial charge in [-0.15, -0.1) is 0 Å². The first-order chi connectivity index (χ1) is 14.7. The molecule has 3 aromatic carbocycles. The predicted molar refractivity (Wildman–Crippen MR) is 117 cm³/mol. The minimum Gasteiger partial charge on any atom is -0.508 e. The van der Waals surface area contributed by atoms with Crippen LogP contribution in [0.5, 0.6) is 11.5 Å². The second-order valence-electron chi connectivity index (χ2n) is 6.71. The zero-order chi connectivity index (χ0) is 22.6. The van der Waals surface area contributed by atoms with Crippen molar-refractivity contribution in [1.82, 2.24) is 0 Å². The average Bonchev–Trinajstić information content (AvgIpc) is 2.74. The van der Waals surface area contributed by atoms with Crippen molar-refractivity contribution in [3.05, 3.63) is 96.1 Å². The number of rotatable bonds is 7. The van der Waals surface area contributed by atoms with Crippen LogP contribution in [0.2, 0.25) is 0 Å². The summed E-state index contributed by atoms with van der Waals surface area (Å²) in [7, 11) is 0. The van der Waals surface area contributed by atoms with Gasteiger partial charge in [0.25, 0.3) is 0 Å². The molecule has 0 bridgehead atoms. The zero-order valence-electron chi connectivity index (χ0n) is 16.5. The van der Waals surface area contributed by atoms with E-state index in [4.69, 9.17) is 10.5 Å². The van der Waals surface area contributed by atoms with E-state index >= 15 is 0 Å². The highest BCUT2D eigenvalue weighted by Crippen LogP contribution is 2.39. The molecule has 0 amide bonds. The number of nitrogens with two attached hydrogens (primary N) is 1. The van der Waals surface area contributed by atoms with E-state index in [1.807, 2.05) is 0 Å². The SMILES string of the molecule is C=Cc1cc(CN)ccc1Nc1cc(C(F)(F)F)ccc1Oc1ccccc1C(=C)O. The van der Waals surface area contributed by atoms with Gasteiger partial charge in [0.15, 0.2) is 5.75 Å². The van der Waals surface area contributed by atoms with E-state index in [0.29, 0.717) is 23.4 Å². The van der Waals surface area contributed by atoms with Crippen LogP contribution in [0.3, 0.4) is 0 Å². The smallest absolute Gasteiger partial charge is 0.416 e. The summed E-state index contributed by atoms with van der Waals surface area (Å²) in [6, 6.07) is 15.0. The Labute approximate surface area is 178 Å². The summed E-state index contributed by atoms with van der Waals surface area (Å²) in [5, 5.41) is 12.8. The van der Waals surface area contributed by atoms with Gasteiger partial charge in [-0.2, -0.15) is 13.2 Å². The molecule has 0 aliphatic carbocycles. The maximum atomic E-state index is 13.3. The van der Waals surface area contributed by atoms with Crippen LogP contribution in [-0.2, 0) is 12.7 Å². The van der Waals surface area contributed by atoms with E-state index in [-0.39, 0.29) is 22.9 Å². The van der Waals surface area contributed by atoms with Crippen molar-refractivity contribution in [2.45, 2.75) is 12.7 Å². The van der Waals surface area contributed by atoms with Crippen LogP contribution in [0.25, 0.3) is 11.8 Å². The lowest BCUT2D eigenvalue weighted by Gasteiger charge is -2.18. The van der Waals surface area contributed by atoms with E-state index < -0.39 is 11.7 Å². The largest absolute Gasteiger partial charge is 0.508 e. The fourth-order valence-electron chi connectivity index (χ4n) is 2.97. The predicted octanol–water partition coefficient (Wildman–Crippen LogP) is 6.87. The highest BCUT2D eigenvalue weighted by molar-refractivity contribution is 5.75. The van der Waals surface area contributed by atoms with Gasteiger partial charge in [-0.05, 0) is 53.6 Å². The zero-order valence-corrected chi connectivity index (χ0v) is 16.5. The molecule has 3 aromatic rings. The molecule has 0 saturated carbocycles. The van der Waals surface area contributed by atoms with Crippen molar-refractivity contribution in [3.63, 3.8) is 0 Å². The first-order valence-corrected chi connectivity index (χ1v) is 9.31. The molecule has 31 heavy (non-hydrogen) atoms. The molecule has 0 aliphatic heterocycles. The Hall–Kier alpha value is -3.71. The van der Waals surface area contributed by atoms with Gasteiger partial charge in [0, 0.05) is 12.2 Å². The maximum absolute atomic E-state index is 13.3. The van der Waals surface area contributed by atoms with Crippen molar-refractivity contribution in [2.24, 2.45) is 5.73 Å². The number of benzene rings is 3. The minimum atomic E-state index is -4.53. The number of anilines is 2. The molecule has 0 unspecified atom stereocenters. The van der Waals surface area contributed by atoms with Crippen molar-refractivity contribution >= 4 is 23.2 Å². The first kappa shape index (κ1) is 22.0. The van der Waals surface area contributed by atoms with E-state index in [0.717, 1.165) is 17.7 Å². The average molecular weight is 426 g/mol. The fourth-order valence-corrected chi connectivity index (χ4v) is 2.97. The highest BCUT2D eigenvalue weighted by atomic mass is 19.4. The summed E-state index contributed by atoms with van der Waals surface area (Å²) in [6.07, 6.45) is -2.95. The number of halogens is 3. The molecule has 0 radical (unpaired) electrons. The third-order valence-electron chi connectivity index (χ3n) is 4.57. The fraction of sp³-hybridized carbons (Fsp3) is 0.0833. The lowest BCUT2D eigenvalue weighted by Crippen LogP contribution is -2.07. The van der Waals surface area contributed by atoms with Gasteiger partial charge < -0.3 is 20.9 Å². The van der Waals surface area contributed by atoms with E-state index in [9.17, 15) is 18.3 Å². The summed E-state index contributed by atoms with van der Waals surface area (Å²) in [4.78, 5) is 0. The van der Waals surface area contributed by atoms with Crippen LogP contribution in [0, 0.1) is 0 Å². The van der Waals surface area contributed by atoms with Gasteiger partial charge in [-0.3, -0.25) is 0 Å². The van der Waals surface area contributed by atoms with Crippen LogP contribution in [0.15, 0.2) is 73.8 Å². The number of ether oxygens (including phenoxy) is 1. The van der Waals surface area contributed by atoms with Crippen LogP contribution < -0.4 is 15.8 Å². The van der Waals surface area contributed by atoms with Gasteiger partial charge in [-0.25, -0.2) is 0 Å². The molecular formula is C24H21F3N2O2. The van der Waals surface area contributed by atoms with Crippen molar-refractivity contribution < 1.29 is 23.0 Å². The molecule has 0 heterocycles. The number of alkyl halides is 3. The third kappa shape index (κ3) is 5.07. The second kappa shape index (κ2) is 8.97. The number of hydrogen-bond acceptors (Lipinski definition) is 4. The molecule has 7 heteroatoms. The molecule has 160 valence electrons. The van der Waals surface area contributed by atoms with E-state index in [1.54, 1.807) is 48.5 Å². The van der Waals surface area contributed by atoms with Gasteiger partial charge in [0.1, 0.15) is 11.5 Å². The molecule has 0 aliphatic rings. The summed E-state index contributed by atoms with van der Waals surface area (Å²) in [5.74, 6) is 0.170. The Morgan fingerprint density at radius 3 is 2.42 bits per heavy atom. The lowest BCUT2D eigenvalue weighted by atomic mass is 10.1. The number of para-hydroxylation sites is 1. The molecule has 4 N–H and O–H groups in total. The van der Waals surface area contributed by atoms with Crippen molar-refractivity contribution in [3.8, 4) is 11.5 Å². The van der Waals surface area contributed by atoms with Crippen LogP contribution >= 0.6 is 0 Å². The van der Waals surface area contributed by atoms with Gasteiger partial charge in [0.05, 0.1) is 16.8 Å². The molecule has 0 fully saturated rings. The third-order valence-corrected chi connectivity index (χ3v) is 4.57. The quantitative estimate of drug-likeness (QED) is 0.361. The Balaban J connectivity index is 2.08. The molecule has 0 spiro atoms. The molecule has 3 rings (SSSR count). The number of aliphatic hydroxyl groups is 1. The van der Waals surface area contributed by atoms with Crippen LogP contribution in [-0.4, -0.2) is 5.11 Å². The summed E-state index contributed by atoms with van der Waals surface area (Å²) >= 11 is 0. The van der Waals surface area contributed by atoms with Gasteiger partial charge in [-0.1, -0.05) is 37.4 Å². The lowest BCUT2D eigenvalue weighted by molar-refractivity contribution is -0.137. The number of nitrogens with one attached hydrogen (secondary N) is 1. The molecule has 4 nitrogen and oxygen atoms in total.